The molecular formula is C13H24N2O2. The molecule has 0 aromatic rings. The zero-order valence-electron chi connectivity index (χ0n) is 11.4. The normalized spacial score (nSPS) is 25.2. The van der Waals surface area contributed by atoms with E-state index in [2.05, 4.69) is 37.4 Å². The Hall–Kier alpha value is -0.870. The minimum Gasteiger partial charge on any atom is -0.463 e. The van der Waals surface area contributed by atoms with Crippen molar-refractivity contribution in [3.05, 3.63) is 12.2 Å². The fraction of sp³-hybridized carbons (Fsp3) is 0.769. The third-order valence-corrected chi connectivity index (χ3v) is 3.29. The summed E-state index contributed by atoms with van der Waals surface area (Å²) in [5.74, 6) is 0.355. The molecular weight excluding hydrogens is 216 g/mol. The third kappa shape index (κ3) is 3.82. The lowest BCUT2D eigenvalue weighted by Crippen LogP contribution is -2.35. The minimum atomic E-state index is -0.270. The quantitative estimate of drug-likeness (QED) is 0.530. The van der Waals surface area contributed by atoms with E-state index in [9.17, 15) is 4.79 Å². The van der Waals surface area contributed by atoms with Gasteiger partial charge in [0.1, 0.15) is 0 Å². The van der Waals surface area contributed by atoms with Crippen LogP contribution in [0.1, 0.15) is 13.8 Å². The lowest BCUT2D eigenvalue weighted by molar-refractivity contribution is -0.138. The summed E-state index contributed by atoms with van der Waals surface area (Å²) in [5.41, 5.74) is 0.554. The Labute approximate surface area is 104 Å². The molecule has 4 nitrogen and oxygen atoms in total. The van der Waals surface area contributed by atoms with Crippen LogP contribution in [0.5, 0.6) is 0 Å². The van der Waals surface area contributed by atoms with Crippen molar-refractivity contribution >= 4 is 5.97 Å². The van der Waals surface area contributed by atoms with Crippen LogP contribution in [0.25, 0.3) is 0 Å². The average Bonchev–Trinajstić information content (AvgIpc) is 2.59. The molecule has 4 heteroatoms. The van der Waals surface area contributed by atoms with E-state index in [1.54, 1.807) is 0 Å². The first kappa shape index (κ1) is 14.2. The van der Waals surface area contributed by atoms with E-state index < -0.39 is 0 Å². The topological polar surface area (TPSA) is 32.8 Å². The van der Waals surface area contributed by atoms with Crippen molar-refractivity contribution in [2.75, 3.05) is 40.3 Å². The van der Waals surface area contributed by atoms with Gasteiger partial charge in [-0.25, -0.2) is 4.79 Å². The maximum atomic E-state index is 11.5. The molecule has 1 rings (SSSR count). The summed E-state index contributed by atoms with van der Waals surface area (Å²) in [4.78, 5) is 16.0. The third-order valence-electron chi connectivity index (χ3n) is 3.29. The first-order chi connectivity index (χ1) is 7.95. The molecule has 1 aliphatic heterocycles. The molecule has 1 fully saturated rings. The summed E-state index contributed by atoms with van der Waals surface area (Å²) in [7, 11) is 4.20. The number of carbonyl (C=O) groups excluding carboxylic acids is 1. The van der Waals surface area contributed by atoms with Crippen molar-refractivity contribution < 1.29 is 9.53 Å². The zero-order valence-corrected chi connectivity index (χ0v) is 11.4. The Kier molecular flexibility index (Phi) is 5.15. The van der Waals surface area contributed by atoms with E-state index in [1.807, 2.05) is 6.92 Å². The van der Waals surface area contributed by atoms with Gasteiger partial charge in [0.2, 0.25) is 0 Å². The highest BCUT2D eigenvalue weighted by Gasteiger charge is 2.31. The molecule has 1 heterocycles. The molecule has 0 spiro atoms. The highest BCUT2D eigenvalue weighted by Crippen LogP contribution is 2.20. The van der Waals surface area contributed by atoms with Crippen molar-refractivity contribution in [3.63, 3.8) is 0 Å². The van der Waals surface area contributed by atoms with Crippen molar-refractivity contribution in [1.82, 2.24) is 9.80 Å². The highest BCUT2D eigenvalue weighted by atomic mass is 16.5. The second-order valence-electron chi connectivity index (χ2n) is 5.03. The lowest BCUT2D eigenvalue weighted by Gasteiger charge is -2.22. The van der Waals surface area contributed by atoms with Crippen LogP contribution in [0.15, 0.2) is 12.2 Å². The van der Waals surface area contributed by atoms with Crippen LogP contribution in [0.4, 0.5) is 0 Å². The molecule has 2 unspecified atom stereocenters. The largest absolute Gasteiger partial charge is 0.463 e. The van der Waals surface area contributed by atoms with Crippen molar-refractivity contribution in [1.29, 1.82) is 0 Å². The fourth-order valence-corrected chi connectivity index (χ4v) is 2.42. The molecule has 2 atom stereocenters. The van der Waals surface area contributed by atoms with Crippen LogP contribution in [0, 0.1) is 5.92 Å². The number of hydrogen-bond donors (Lipinski definition) is 0. The van der Waals surface area contributed by atoms with Gasteiger partial charge in [-0.1, -0.05) is 13.5 Å². The highest BCUT2D eigenvalue weighted by molar-refractivity contribution is 5.88. The van der Waals surface area contributed by atoms with E-state index in [4.69, 9.17) is 4.74 Å². The molecule has 0 bridgehead atoms. The molecule has 98 valence electrons. The van der Waals surface area contributed by atoms with Gasteiger partial charge in [-0.05, 0) is 26.9 Å². The number of rotatable bonds is 5. The number of likely N-dealkylation sites (N-methyl/N-ethyl adjacent to an activating group) is 1. The summed E-state index contributed by atoms with van der Waals surface area (Å²) in [5, 5.41) is 0. The second-order valence-corrected chi connectivity index (χ2v) is 5.03. The number of esters is 1. The first-order valence-corrected chi connectivity index (χ1v) is 6.19. The Balaban J connectivity index is 2.44. The average molecular weight is 240 g/mol. The second kappa shape index (κ2) is 6.17. The standard InChI is InChI=1S/C13H24N2O2/c1-6-17-13(16)11(3)8-15-7-10(2)12(9-15)14(4)5/h10,12H,3,6-9H2,1-2,4-5H3. The van der Waals surface area contributed by atoms with Crippen LogP contribution in [-0.2, 0) is 9.53 Å². The number of hydrogen-bond acceptors (Lipinski definition) is 4. The molecule has 1 saturated heterocycles. The number of carbonyl (C=O) groups is 1. The Morgan fingerprint density at radius 1 is 1.47 bits per heavy atom. The zero-order chi connectivity index (χ0) is 13.0. The van der Waals surface area contributed by atoms with Crippen LogP contribution < -0.4 is 0 Å². The van der Waals surface area contributed by atoms with Gasteiger partial charge in [0.25, 0.3) is 0 Å². The van der Waals surface area contributed by atoms with E-state index in [0.717, 1.165) is 13.1 Å². The summed E-state index contributed by atoms with van der Waals surface area (Å²) in [6.07, 6.45) is 0. The van der Waals surface area contributed by atoms with Gasteiger partial charge >= 0.3 is 5.97 Å². The maximum Gasteiger partial charge on any atom is 0.334 e. The van der Waals surface area contributed by atoms with Gasteiger partial charge in [0.15, 0.2) is 0 Å². The monoisotopic (exact) mass is 240 g/mol. The van der Waals surface area contributed by atoms with Crippen LogP contribution in [0.3, 0.4) is 0 Å². The lowest BCUT2D eigenvalue weighted by atomic mass is 10.1. The molecule has 0 radical (unpaired) electrons. The minimum absolute atomic E-state index is 0.270. The Morgan fingerprint density at radius 2 is 2.12 bits per heavy atom. The molecule has 0 saturated carbocycles. The maximum absolute atomic E-state index is 11.5. The molecule has 1 aliphatic rings. The van der Waals surface area contributed by atoms with Crippen LogP contribution in [0.2, 0.25) is 0 Å². The predicted molar refractivity (Wildman–Crippen MR) is 68.9 cm³/mol. The Bertz CT molecular complexity index is 289. The molecule has 0 aromatic carbocycles. The van der Waals surface area contributed by atoms with E-state index >= 15 is 0 Å². The molecule has 17 heavy (non-hydrogen) atoms. The number of likely N-dealkylation sites (tertiary alicyclic amines) is 1. The van der Waals surface area contributed by atoms with E-state index in [-0.39, 0.29) is 5.97 Å². The van der Waals surface area contributed by atoms with E-state index in [1.165, 1.54) is 0 Å². The summed E-state index contributed by atoms with van der Waals surface area (Å²) in [6, 6.07) is 0.560. The van der Waals surface area contributed by atoms with Gasteiger partial charge in [0, 0.05) is 31.2 Å². The first-order valence-electron chi connectivity index (χ1n) is 6.19. The summed E-state index contributed by atoms with van der Waals surface area (Å²) >= 11 is 0. The molecule has 0 aromatic heterocycles. The van der Waals surface area contributed by atoms with Gasteiger partial charge in [-0.2, -0.15) is 0 Å². The van der Waals surface area contributed by atoms with Crippen molar-refractivity contribution in [3.8, 4) is 0 Å². The van der Waals surface area contributed by atoms with Crippen LogP contribution >= 0.6 is 0 Å². The van der Waals surface area contributed by atoms with E-state index in [0.29, 0.717) is 30.7 Å². The SMILES string of the molecule is C=C(CN1CC(C)C(N(C)C)C1)C(=O)OCC. The summed E-state index contributed by atoms with van der Waals surface area (Å²) in [6.45, 7) is 10.9. The Morgan fingerprint density at radius 3 is 2.59 bits per heavy atom. The predicted octanol–water partition coefficient (Wildman–Crippen LogP) is 0.988. The molecule has 0 amide bonds. The van der Waals surface area contributed by atoms with Crippen molar-refractivity contribution in [2.45, 2.75) is 19.9 Å². The fourth-order valence-electron chi connectivity index (χ4n) is 2.42. The van der Waals surface area contributed by atoms with Crippen molar-refractivity contribution in [2.24, 2.45) is 5.92 Å². The van der Waals surface area contributed by atoms with Gasteiger partial charge in [0.05, 0.1) is 6.61 Å². The summed E-state index contributed by atoms with van der Waals surface area (Å²) < 4.78 is 4.94. The smallest absolute Gasteiger partial charge is 0.334 e. The van der Waals surface area contributed by atoms with Gasteiger partial charge in [-0.3, -0.25) is 4.90 Å². The number of ether oxygens (including phenoxy) is 1. The molecule has 0 aliphatic carbocycles. The van der Waals surface area contributed by atoms with Gasteiger partial charge in [-0.15, -0.1) is 0 Å². The van der Waals surface area contributed by atoms with Crippen LogP contribution in [-0.4, -0.2) is 62.1 Å². The molecule has 0 N–H and O–H groups in total. The number of nitrogens with zero attached hydrogens (tertiary/aromatic N) is 2. The van der Waals surface area contributed by atoms with Gasteiger partial charge < -0.3 is 9.64 Å².